The number of hydrogen-bond acceptors (Lipinski definition) is 6. The highest BCUT2D eigenvalue weighted by molar-refractivity contribution is 7.17. The summed E-state index contributed by atoms with van der Waals surface area (Å²) in [6.45, 7) is 5.12. The van der Waals surface area contributed by atoms with Gasteiger partial charge in [-0.3, -0.25) is 9.59 Å². The standard InChI is InChI=1S/C38H45N3O4S/c1-4-30(5-2)39-24-27-9-8-10-29(23-27)35(42)41-37-34(32-11-6-7-12-33(32)46-37)36(43)40-31-21-17-26(18-22-31)14-13-25-15-19-28(20-16-25)38(44)45-3/h8-9,15-23,29-30,39H,4-7,10-14,24H2,1-3H3,(H,40,43)(H,41,42). The first-order chi connectivity index (χ1) is 22.4. The topological polar surface area (TPSA) is 96.5 Å². The Hall–Kier alpha value is -4.01. The second kappa shape index (κ2) is 16.0. The second-order valence-corrected chi connectivity index (χ2v) is 13.2. The summed E-state index contributed by atoms with van der Waals surface area (Å²) < 4.78 is 4.77. The summed E-state index contributed by atoms with van der Waals surface area (Å²) in [6.07, 6.45) is 14.6. The third-order valence-electron chi connectivity index (χ3n) is 8.98. The minimum atomic E-state index is -0.338. The molecule has 0 aliphatic heterocycles. The number of allylic oxidation sites excluding steroid dienone is 1. The molecule has 1 unspecified atom stereocenters. The fourth-order valence-electron chi connectivity index (χ4n) is 6.15. The van der Waals surface area contributed by atoms with Crippen molar-refractivity contribution in [3.63, 3.8) is 0 Å². The Kier molecular flexibility index (Phi) is 11.6. The molecule has 0 radical (unpaired) electrons. The number of rotatable bonds is 13. The minimum Gasteiger partial charge on any atom is -0.465 e. The van der Waals surface area contributed by atoms with Crippen LogP contribution in [0.5, 0.6) is 0 Å². The first kappa shape index (κ1) is 33.4. The molecule has 5 rings (SSSR count). The number of nitrogens with one attached hydrogen (secondary N) is 3. The molecule has 242 valence electrons. The zero-order valence-electron chi connectivity index (χ0n) is 27.1. The fourth-order valence-corrected chi connectivity index (χ4v) is 7.44. The number of fused-ring (bicyclic) bond motifs is 1. The summed E-state index contributed by atoms with van der Waals surface area (Å²) >= 11 is 1.56. The SMILES string of the molecule is CCC(CC)NCC1=CC(C(=O)Nc2sc3c(c2C(=O)Nc2ccc(CCc4ccc(C(=O)OC)cc4)cc2)CCCC3)CC=C1. The number of carbonyl (C=O) groups is 3. The highest BCUT2D eigenvalue weighted by atomic mass is 32.1. The van der Waals surface area contributed by atoms with Crippen LogP contribution in [0.2, 0.25) is 0 Å². The van der Waals surface area contributed by atoms with Crippen LogP contribution in [-0.2, 0) is 35.2 Å². The molecule has 0 fully saturated rings. The lowest BCUT2D eigenvalue weighted by Gasteiger charge is -2.19. The summed E-state index contributed by atoms with van der Waals surface area (Å²) in [4.78, 5) is 40.2. The molecular weight excluding hydrogens is 595 g/mol. The van der Waals surface area contributed by atoms with Gasteiger partial charge in [0.1, 0.15) is 5.00 Å². The molecule has 0 saturated carbocycles. The maximum atomic E-state index is 13.8. The Bertz CT molecular complexity index is 1580. The Morgan fingerprint density at radius 3 is 2.26 bits per heavy atom. The van der Waals surface area contributed by atoms with Crippen LogP contribution in [0, 0.1) is 5.92 Å². The monoisotopic (exact) mass is 639 g/mol. The van der Waals surface area contributed by atoms with Crippen molar-refractivity contribution in [2.24, 2.45) is 5.92 Å². The zero-order valence-corrected chi connectivity index (χ0v) is 27.9. The maximum absolute atomic E-state index is 13.8. The van der Waals surface area contributed by atoms with Crippen molar-refractivity contribution >= 4 is 39.8 Å². The van der Waals surface area contributed by atoms with E-state index in [0.717, 1.165) is 85.9 Å². The summed E-state index contributed by atoms with van der Waals surface area (Å²) in [6, 6.07) is 15.9. The maximum Gasteiger partial charge on any atom is 0.337 e. The van der Waals surface area contributed by atoms with Gasteiger partial charge >= 0.3 is 5.97 Å². The van der Waals surface area contributed by atoms with E-state index >= 15 is 0 Å². The molecule has 1 atom stereocenters. The van der Waals surface area contributed by atoms with Crippen LogP contribution in [-0.4, -0.2) is 37.5 Å². The zero-order chi connectivity index (χ0) is 32.5. The van der Waals surface area contributed by atoms with Gasteiger partial charge in [0.2, 0.25) is 5.91 Å². The lowest BCUT2D eigenvalue weighted by Crippen LogP contribution is -2.30. The number of carbonyl (C=O) groups excluding carboxylic acids is 3. The normalized spacial score (nSPS) is 15.7. The number of amides is 2. The molecule has 0 saturated heterocycles. The van der Waals surface area contributed by atoms with Crippen molar-refractivity contribution in [1.29, 1.82) is 0 Å². The van der Waals surface area contributed by atoms with E-state index in [1.807, 2.05) is 36.4 Å². The Balaban J connectivity index is 1.23. The Labute approximate surface area is 276 Å². The first-order valence-corrected chi connectivity index (χ1v) is 17.3. The van der Waals surface area contributed by atoms with Crippen molar-refractivity contribution in [3.05, 3.63) is 105 Å². The number of anilines is 2. The predicted octanol–water partition coefficient (Wildman–Crippen LogP) is 7.67. The molecule has 1 aromatic heterocycles. The molecule has 0 spiro atoms. The molecule has 0 bridgehead atoms. The van der Waals surface area contributed by atoms with E-state index in [-0.39, 0.29) is 23.7 Å². The van der Waals surface area contributed by atoms with E-state index in [0.29, 0.717) is 28.6 Å². The lowest BCUT2D eigenvalue weighted by atomic mass is 9.94. The molecule has 2 amide bonds. The van der Waals surface area contributed by atoms with Crippen LogP contribution >= 0.6 is 11.3 Å². The van der Waals surface area contributed by atoms with Crippen LogP contribution in [0.3, 0.4) is 0 Å². The fraction of sp³-hybridized carbons (Fsp3) is 0.395. The molecule has 2 aliphatic carbocycles. The summed E-state index contributed by atoms with van der Waals surface area (Å²) in [5, 5.41) is 10.5. The van der Waals surface area contributed by atoms with Gasteiger partial charge in [0.15, 0.2) is 0 Å². The number of benzene rings is 2. The van der Waals surface area contributed by atoms with Gasteiger partial charge in [-0.2, -0.15) is 0 Å². The largest absolute Gasteiger partial charge is 0.465 e. The summed E-state index contributed by atoms with van der Waals surface area (Å²) in [5.74, 6) is -0.851. The van der Waals surface area contributed by atoms with Gasteiger partial charge in [0.25, 0.3) is 5.91 Å². The molecule has 3 aromatic rings. The number of ether oxygens (including phenoxy) is 1. The molecule has 7 nitrogen and oxygen atoms in total. The quantitative estimate of drug-likeness (QED) is 0.167. The van der Waals surface area contributed by atoms with Crippen molar-refractivity contribution in [3.8, 4) is 0 Å². The van der Waals surface area contributed by atoms with Gasteiger partial charge in [-0.1, -0.05) is 56.3 Å². The molecule has 2 aromatic carbocycles. The lowest BCUT2D eigenvalue weighted by molar-refractivity contribution is -0.118. The molecule has 1 heterocycles. The van der Waals surface area contributed by atoms with Gasteiger partial charge in [0, 0.05) is 23.2 Å². The average Bonchev–Trinajstić information content (AvgIpc) is 3.46. The summed E-state index contributed by atoms with van der Waals surface area (Å²) in [5.41, 5.74) is 6.36. The van der Waals surface area contributed by atoms with Gasteiger partial charge < -0.3 is 20.7 Å². The highest BCUT2D eigenvalue weighted by Gasteiger charge is 2.28. The number of esters is 1. The van der Waals surface area contributed by atoms with Crippen LogP contribution in [0.4, 0.5) is 10.7 Å². The minimum absolute atomic E-state index is 0.0682. The van der Waals surface area contributed by atoms with Crippen molar-refractivity contribution in [2.75, 3.05) is 24.3 Å². The Morgan fingerprint density at radius 1 is 0.913 bits per heavy atom. The number of hydrogen-bond donors (Lipinski definition) is 3. The summed E-state index contributed by atoms with van der Waals surface area (Å²) in [7, 11) is 1.38. The van der Waals surface area contributed by atoms with E-state index in [4.69, 9.17) is 4.74 Å². The molecular formula is C38H45N3O4S. The van der Waals surface area contributed by atoms with Gasteiger partial charge in [-0.15, -0.1) is 11.3 Å². The van der Waals surface area contributed by atoms with Crippen LogP contribution in [0.1, 0.15) is 88.2 Å². The molecule has 8 heteroatoms. The van der Waals surface area contributed by atoms with E-state index in [9.17, 15) is 14.4 Å². The smallest absolute Gasteiger partial charge is 0.337 e. The molecule has 3 N–H and O–H groups in total. The Morgan fingerprint density at radius 2 is 1.59 bits per heavy atom. The predicted molar refractivity (Wildman–Crippen MR) is 187 cm³/mol. The van der Waals surface area contributed by atoms with Crippen molar-refractivity contribution < 1.29 is 19.1 Å². The number of thiophene rings is 1. The highest BCUT2D eigenvalue weighted by Crippen LogP contribution is 2.39. The van der Waals surface area contributed by atoms with Crippen LogP contribution < -0.4 is 16.0 Å². The number of methoxy groups -OCH3 is 1. The third-order valence-corrected chi connectivity index (χ3v) is 10.2. The van der Waals surface area contributed by atoms with Gasteiger partial charge in [-0.05, 0) is 104 Å². The second-order valence-electron chi connectivity index (χ2n) is 12.1. The van der Waals surface area contributed by atoms with E-state index in [2.05, 4.69) is 48.0 Å². The average molecular weight is 640 g/mol. The first-order valence-electron chi connectivity index (χ1n) is 16.5. The molecule has 2 aliphatic rings. The van der Waals surface area contributed by atoms with E-state index in [1.165, 1.54) is 12.0 Å². The van der Waals surface area contributed by atoms with Gasteiger partial charge in [0.05, 0.1) is 24.2 Å². The third kappa shape index (κ3) is 8.42. The van der Waals surface area contributed by atoms with Gasteiger partial charge in [-0.25, -0.2) is 4.79 Å². The molecule has 46 heavy (non-hydrogen) atoms. The van der Waals surface area contributed by atoms with E-state index < -0.39 is 0 Å². The van der Waals surface area contributed by atoms with Crippen molar-refractivity contribution in [1.82, 2.24) is 5.32 Å². The van der Waals surface area contributed by atoms with Crippen LogP contribution in [0.25, 0.3) is 0 Å². The van der Waals surface area contributed by atoms with E-state index in [1.54, 1.807) is 23.5 Å². The van der Waals surface area contributed by atoms with Crippen LogP contribution in [0.15, 0.2) is 72.3 Å². The van der Waals surface area contributed by atoms with Crippen molar-refractivity contribution in [2.45, 2.75) is 77.7 Å². The number of aryl methyl sites for hydroxylation is 3.